The summed E-state index contributed by atoms with van der Waals surface area (Å²) in [5.74, 6) is 0.223. The summed E-state index contributed by atoms with van der Waals surface area (Å²) < 4.78 is 0. The fourth-order valence-corrected chi connectivity index (χ4v) is 2.36. The Balaban J connectivity index is 2.13. The van der Waals surface area contributed by atoms with E-state index in [0.717, 1.165) is 25.9 Å². The molecule has 7 heteroatoms. The van der Waals surface area contributed by atoms with Gasteiger partial charge in [0.15, 0.2) is 0 Å². The second-order valence-electron chi connectivity index (χ2n) is 5.41. The third-order valence-corrected chi connectivity index (χ3v) is 3.56. The zero-order valence-corrected chi connectivity index (χ0v) is 11.3. The SMILES string of the molecule is CC1(CNc2ncc(C#N)cc2[N+](=O)[O-])CCCNC1. The summed E-state index contributed by atoms with van der Waals surface area (Å²) in [6, 6.07) is 3.10. The summed E-state index contributed by atoms with van der Waals surface area (Å²) in [6.45, 7) is 4.65. The van der Waals surface area contributed by atoms with Gasteiger partial charge in [-0.2, -0.15) is 5.26 Å². The van der Waals surface area contributed by atoms with Gasteiger partial charge in [0, 0.05) is 25.4 Å². The van der Waals surface area contributed by atoms with E-state index in [0.29, 0.717) is 6.54 Å². The van der Waals surface area contributed by atoms with Crippen LogP contribution in [0.15, 0.2) is 12.3 Å². The average molecular weight is 275 g/mol. The fraction of sp³-hybridized carbons (Fsp3) is 0.538. The van der Waals surface area contributed by atoms with Gasteiger partial charge in [-0.1, -0.05) is 6.92 Å². The molecule has 1 aromatic rings. The molecule has 1 aromatic heterocycles. The first-order valence-electron chi connectivity index (χ1n) is 6.53. The van der Waals surface area contributed by atoms with Crippen molar-refractivity contribution in [3.63, 3.8) is 0 Å². The smallest absolute Gasteiger partial charge is 0.312 e. The Morgan fingerprint density at radius 1 is 1.70 bits per heavy atom. The Labute approximate surface area is 117 Å². The number of nitriles is 1. The number of anilines is 1. The Morgan fingerprint density at radius 3 is 3.10 bits per heavy atom. The maximum Gasteiger partial charge on any atom is 0.312 e. The Kier molecular flexibility index (Phi) is 4.15. The molecule has 1 fully saturated rings. The van der Waals surface area contributed by atoms with Gasteiger partial charge in [0.05, 0.1) is 10.5 Å². The third-order valence-electron chi connectivity index (χ3n) is 3.56. The lowest BCUT2D eigenvalue weighted by atomic mass is 9.83. The van der Waals surface area contributed by atoms with Crippen LogP contribution < -0.4 is 10.6 Å². The van der Waals surface area contributed by atoms with Gasteiger partial charge in [0.25, 0.3) is 0 Å². The minimum Gasteiger partial charge on any atom is -0.364 e. The van der Waals surface area contributed by atoms with Crippen LogP contribution in [0.4, 0.5) is 11.5 Å². The van der Waals surface area contributed by atoms with E-state index in [4.69, 9.17) is 5.26 Å². The fourth-order valence-electron chi connectivity index (χ4n) is 2.36. The first kappa shape index (κ1) is 14.2. The van der Waals surface area contributed by atoms with E-state index in [1.54, 1.807) is 0 Å². The van der Waals surface area contributed by atoms with Gasteiger partial charge in [0.1, 0.15) is 6.07 Å². The van der Waals surface area contributed by atoms with Crippen molar-refractivity contribution in [2.75, 3.05) is 25.0 Å². The molecule has 1 saturated heterocycles. The molecule has 1 atom stereocenters. The second kappa shape index (κ2) is 5.84. The monoisotopic (exact) mass is 275 g/mol. The molecule has 2 rings (SSSR count). The molecule has 0 radical (unpaired) electrons. The van der Waals surface area contributed by atoms with Crippen molar-refractivity contribution in [2.45, 2.75) is 19.8 Å². The van der Waals surface area contributed by atoms with Crippen LogP contribution in [-0.2, 0) is 0 Å². The van der Waals surface area contributed by atoms with Crippen molar-refractivity contribution in [3.05, 3.63) is 27.9 Å². The molecule has 20 heavy (non-hydrogen) atoms. The van der Waals surface area contributed by atoms with E-state index < -0.39 is 4.92 Å². The maximum atomic E-state index is 11.0. The predicted molar refractivity (Wildman–Crippen MR) is 74.3 cm³/mol. The molecular weight excluding hydrogens is 258 g/mol. The van der Waals surface area contributed by atoms with E-state index >= 15 is 0 Å². The van der Waals surface area contributed by atoms with Crippen molar-refractivity contribution in [1.29, 1.82) is 5.26 Å². The Morgan fingerprint density at radius 2 is 2.50 bits per heavy atom. The molecule has 0 aromatic carbocycles. The first-order valence-corrected chi connectivity index (χ1v) is 6.53. The molecule has 1 unspecified atom stereocenters. The molecule has 0 aliphatic carbocycles. The van der Waals surface area contributed by atoms with Crippen molar-refractivity contribution in [1.82, 2.24) is 10.3 Å². The topological polar surface area (TPSA) is 104 Å². The highest BCUT2D eigenvalue weighted by Gasteiger charge is 2.27. The van der Waals surface area contributed by atoms with Crippen molar-refractivity contribution < 1.29 is 4.92 Å². The Hall–Kier alpha value is -2.20. The number of hydrogen-bond acceptors (Lipinski definition) is 6. The van der Waals surface area contributed by atoms with Crippen LogP contribution in [0.25, 0.3) is 0 Å². The number of nitro groups is 1. The molecule has 2 heterocycles. The van der Waals surface area contributed by atoms with E-state index in [9.17, 15) is 10.1 Å². The van der Waals surface area contributed by atoms with Gasteiger partial charge in [-0.05, 0) is 24.8 Å². The second-order valence-corrected chi connectivity index (χ2v) is 5.41. The molecule has 7 nitrogen and oxygen atoms in total. The van der Waals surface area contributed by atoms with Gasteiger partial charge >= 0.3 is 5.69 Å². The van der Waals surface area contributed by atoms with Crippen LogP contribution in [0, 0.1) is 26.9 Å². The van der Waals surface area contributed by atoms with E-state index in [1.165, 1.54) is 12.3 Å². The number of pyridine rings is 1. The van der Waals surface area contributed by atoms with Gasteiger partial charge < -0.3 is 10.6 Å². The van der Waals surface area contributed by atoms with Crippen LogP contribution in [0.1, 0.15) is 25.3 Å². The summed E-state index contributed by atoms with van der Waals surface area (Å²) >= 11 is 0. The summed E-state index contributed by atoms with van der Waals surface area (Å²) in [4.78, 5) is 14.5. The summed E-state index contributed by atoms with van der Waals surface area (Å²) in [6.07, 6.45) is 3.51. The first-order chi connectivity index (χ1) is 9.54. The maximum absolute atomic E-state index is 11.0. The van der Waals surface area contributed by atoms with Crippen molar-refractivity contribution in [3.8, 4) is 6.07 Å². The predicted octanol–water partition coefficient (Wildman–Crippen LogP) is 1.66. The standard InChI is InChI=1S/C13H17N5O2/c1-13(3-2-4-15-8-13)9-17-12-11(18(19)20)5-10(6-14)7-16-12/h5,7,15H,2-4,8-9H2,1H3,(H,16,17). The molecule has 1 aliphatic rings. The molecule has 0 amide bonds. The number of nitrogens with one attached hydrogen (secondary N) is 2. The third kappa shape index (κ3) is 3.22. The van der Waals surface area contributed by atoms with Crippen LogP contribution >= 0.6 is 0 Å². The van der Waals surface area contributed by atoms with Crippen LogP contribution in [-0.4, -0.2) is 29.5 Å². The number of aromatic nitrogens is 1. The zero-order valence-electron chi connectivity index (χ0n) is 11.3. The zero-order chi connectivity index (χ0) is 14.6. The summed E-state index contributed by atoms with van der Waals surface area (Å²) in [5, 5.41) is 26.2. The lowest BCUT2D eigenvalue weighted by Gasteiger charge is -2.34. The van der Waals surface area contributed by atoms with E-state index in [1.807, 2.05) is 6.07 Å². The molecule has 0 saturated carbocycles. The minimum absolute atomic E-state index is 0.0572. The highest BCUT2D eigenvalue weighted by atomic mass is 16.6. The average Bonchev–Trinajstić information content (AvgIpc) is 2.45. The van der Waals surface area contributed by atoms with Gasteiger partial charge in [-0.25, -0.2) is 4.98 Å². The number of hydrogen-bond donors (Lipinski definition) is 2. The molecular formula is C13H17N5O2. The lowest BCUT2D eigenvalue weighted by Crippen LogP contribution is -2.42. The molecule has 106 valence electrons. The van der Waals surface area contributed by atoms with Gasteiger partial charge in [0.2, 0.25) is 5.82 Å². The number of rotatable bonds is 4. The highest BCUT2D eigenvalue weighted by Crippen LogP contribution is 2.28. The van der Waals surface area contributed by atoms with E-state index in [2.05, 4.69) is 22.5 Å². The number of piperidine rings is 1. The van der Waals surface area contributed by atoms with E-state index in [-0.39, 0.29) is 22.5 Å². The molecule has 0 bridgehead atoms. The van der Waals surface area contributed by atoms with Crippen LogP contribution in [0.2, 0.25) is 0 Å². The van der Waals surface area contributed by atoms with Crippen LogP contribution in [0.3, 0.4) is 0 Å². The van der Waals surface area contributed by atoms with Gasteiger partial charge in [-0.3, -0.25) is 10.1 Å². The Bertz CT molecular complexity index is 546. The van der Waals surface area contributed by atoms with Crippen molar-refractivity contribution >= 4 is 11.5 Å². The number of nitrogens with zero attached hydrogens (tertiary/aromatic N) is 3. The largest absolute Gasteiger partial charge is 0.364 e. The van der Waals surface area contributed by atoms with Crippen molar-refractivity contribution in [2.24, 2.45) is 5.41 Å². The molecule has 1 aliphatic heterocycles. The summed E-state index contributed by atoms with van der Waals surface area (Å²) in [5.41, 5.74) is 0.0889. The molecule has 0 spiro atoms. The van der Waals surface area contributed by atoms with Crippen LogP contribution in [0.5, 0.6) is 0 Å². The lowest BCUT2D eigenvalue weighted by molar-refractivity contribution is -0.384. The minimum atomic E-state index is -0.516. The molecule has 2 N–H and O–H groups in total. The summed E-state index contributed by atoms with van der Waals surface area (Å²) in [7, 11) is 0. The highest BCUT2D eigenvalue weighted by molar-refractivity contribution is 5.58. The van der Waals surface area contributed by atoms with Gasteiger partial charge in [-0.15, -0.1) is 0 Å². The normalized spacial score (nSPS) is 22.0. The quantitative estimate of drug-likeness (QED) is 0.639.